The summed E-state index contributed by atoms with van der Waals surface area (Å²) in [4.78, 5) is 71.3. The quantitative estimate of drug-likeness (QED) is 0.260. The number of likely N-dealkylation sites (tertiary alicyclic amines) is 2. The van der Waals surface area contributed by atoms with Crippen molar-refractivity contribution >= 4 is 41.3 Å². The van der Waals surface area contributed by atoms with Crippen molar-refractivity contribution in [3.8, 4) is 0 Å². The molecule has 0 bridgehead atoms. The third-order valence-corrected chi connectivity index (χ3v) is 12.0. The van der Waals surface area contributed by atoms with Crippen molar-refractivity contribution in [1.82, 2.24) is 30.0 Å². The molecule has 6 heterocycles. The maximum absolute atomic E-state index is 12.9. The highest BCUT2D eigenvalue weighted by molar-refractivity contribution is 5.95. The largest absolute Gasteiger partial charge is 0.490 e. The molecule has 2 aliphatic carbocycles. The minimum Gasteiger partial charge on any atom is -0.481 e. The first-order valence-corrected chi connectivity index (χ1v) is 20.7. The first-order valence-electron chi connectivity index (χ1n) is 20.7. The number of aromatic nitrogens is 2. The number of hydrogen-bond acceptors (Lipinski definition) is 10. The number of anilines is 2. The number of likely N-dealkylation sites (N-methyl/N-ethyl adjacent to an activating group) is 2. The van der Waals surface area contributed by atoms with Crippen LogP contribution in [-0.2, 0) is 27.2 Å². The maximum Gasteiger partial charge on any atom is 0.490 e. The Hall–Kier alpha value is -5.00. The molecule has 6 aliphatic rings. The standard InChI is InChI=1S/C20H28N4O2.C15H22N4O.C5H8O2.C2HF3O2/c1-20(2)10-14-9-15(11-21-17(14)22-20)19(26)24-8-7-16(12-24)23(3)18(25)13-5-4-6-13;1-15(2)7-10-6-11(8-17-13(10)18-15)14(20)19-5-4-12(9-19)16-3;6-5(7)4-2-1-3-4;3-2(4,5)1(6)7/h9,11,13,16H,4-8,10,12H2,1-3H3,(H,21,22);6,8,12,16H,4-5,7,9H2,1-3H3,(H,17,18);4H,1-3H2,(H,6,7);(H,6,7)/t16-;12-;;/m00../s1. The highest BCUT2D eigenvalue weighted by atomic mass is 19.4. The molecule has 2 saturated heterocycles. The molecule has 0 spiro atoms. The molecule has 2 saturated carbocycles. The molecular weight excluding hydrogens is 786 g/mol. The number of halogens is 3. The summed E-state index contributed by atoms with van der Waals surface area (Å²) in [6, 6.07) is 4.53. The molecule has 0 radical (unpaired) electrons. The van der Waals surface area contributed by atoms with Crippen LogP contribution in [0.3, 0.4) is 0 Å². The molecule has 8 rings (SSSR count). The van der Waals surface area contributed by atoms with Gasteiger partial charge in [-0.3, -0.25) is 19.2 Å². The average molecular weight is 845 g/mol. The van der Waals surface area contributed by atoms with Crippen LogP contribution in [0.2, 0.25) is 0 Å². The van der Waals surface area contributed by atoms with Gasteiger partial charge in [0.2, 0.25) is 5.91 Å². The summed E-state index contributed by atoms with van der Waals surface area (Å²) in [6.45, 7) is 11.5. The van der Waals surface area contributed by atoms with Crippen LogP contribution in [-0.4, -0.2) is 134 Å². The van der Waals surface area contributed by atoms with Gasteiger partial charge in [-0.1, -0.05) is 12.8 Å². The summed E-state index contributed by atoms with van der Waals surface area (Å²) in [5.41, 5.74) is 3.62. The summed E-state index contributed by atoms with van der Waals surface area (Å²) in [5.74, 6) is -0.985. The van der Waals surface area contributed by atoms with Gasteiger partial charge in [0.25, 0.3) is 11.8 Å². The number of rotatable bonds is 6. The van der Waals surface area contributed by atoms with Gasteiger partial charge < -0.3 is 40.9 Å². The number of aliphatic carboxylic acids is 2. The highest BCUT2D eigenvalue weighted by Gasteiger charge is 2.39. The fourth-order valence-electron chi connectivity index (χ4n) is 8.00. The van der Waals surface area contributed by atoms with E-state index in [0.717, 1.165) is 100 Å². The molecule has 15 nitrogen and oxygen atoms in total. The van der Waals surface area contributed by atoms with E-state index in [9.17, 15) is 32.3 Å². The van der Waals surface area contributed by atoms with Crippen LogP contribution >= 0.6 is 0 Å². The Morgan fingerprint density at radius 1 is 0.767 bits per heavy atom. The van der Waals surface area contributed by atoms with Crippen LogP contribution in [0.1, 0.15) is 111 Å². The highest BCUT2D eigenvalue weighted by Crippen LogP contribution is 2.33. The van der Waals surface area contributed by atoms with E-state index < -0.39 is 18.1 Å². The number of carboxylic acid groups (broad SMARTS) is 2. The second-order valence-corrected chi connectivity index (χ2v) is 17.9. The van der Waals surface area contributed by atoms with Gasteiger partial charge in [0.15, 0.2) is 0 Å². The number of amides is 3. The van der Waals surface area contributed by atoms with Crippen molar-refractivity contribution in [2.75, 3.05) is 50.9 Å². The van der Waals surface area contributed by atoms with Gasteiger partial charge in [-0.25, -0.2) is 14.8 Å². The third-order valence-electron chi connectivity index (χ3n) is 12.0. The maximum atomic E-state index is 12.9. The molecule has 3 amide bonds. The lowest BCUT2D eigenvalue weighted by Crippen LogP contribution is -2.44. The molecule has 5 N–H and O–H groups in total. The van der Waals surface area contributed by atoms with E-state index in [1.807, 2.05) is 40.9 Å². The Morgan fingerprint density at radius 2 is 1.22 bits per heavy atom. The molecule has 2 aromatic rings. The van der Waals surface area contributed by atoms with Gasteiger partial charge in [-0.05, 0) is 109 Å². The van der Waals surface area contributed by atoms with Gasteiger partial charge in [-0.2, -0.15) is 13.2 Å². The number of nitrogens with one attached hydrogen (secondary N) is 3. The number of carbonyl (C=O) groups excluding carboxylic acids is 3. The number of fused-ring (bicyclic) bond motifs is 2. The molecule has 4 fully saturated rings. The first-order chi connectivity index (χ1) is 28.1. The summed E-state index contributed by atoms with van der Waals surface area (Å²) in [5, 5.41) is 25.4. The van der Waals surface area contributed by atoms with Crippen LogP contribution in [0, 0.1) is 11.8 Å². The fourth-order valence-corrected chi connectivity index (χ4v) is 8.00. The molecule has 0 aromatic carbocycles. The topological polar surface area (TPSA) is 197 Å². The van der Waals surface area contributed by atoms with Crippen molar-refractivity contribution in [1.29, 1.82) is 0 Å². The molecule has 60 heavy (non-hydrogen) atoms. The minimum absolute atomic E-state index is 0.000000000000000444. The Labute approximate surface area is 348 Å². The number of alkyl halides is 3. The van der Waals surface area contributed by atoms with Crippen LogP contribution in [0.25, 0.3) is 0 Å². The minimum atomic E-state index is -5.08. The van der Waals surface area contributed by atoms with Crippen molar-refractivity contribution < 1.29 is 47.4 Å². The summed E-state index contributed by atoms with van der Waals surface area (Å²) < 4.78 is 31.7. The molecule has 4 aliphatic heterocycles. The SMILES string of the molecule is CN(C(=O)C1CCC1)[C@H]1CCN(C(=O)c2cnc3c(c2)CC(C)(C)N3)C1.CN[C@H]1CCN(C(=O)c2cnc3c(c2)CC(C)(C)N3)C1.O=C(O)C(F)(F)F.O=C(O)C1CCC1. The zero-order chi connectivity index (χ0) is 44.2. The number of carboxylic acids is 2. The molecule has 2 aromatic heterocycles. The molecule has 330 valence electrons. The third kappa shape index (κ3) is 11.6. The zero-order valence-electron chi connectivity index (χ0n) is 35.3. The zero-order valence-corrected chi connectivity index (χ0v) is 35.3. The second kappa shape index (κ2) is 18.7. The predicted octanol–water partition coefficient (Wildman–Crippen LogP) is 5.07. The van der Waals surface area contributed by atoms with Crippen molar-refractivity contribution in [2.45, 2.75) is 121 Å². The summed E-state index contributed by atoms with van der Waals surface area (Å²) >= 11 is 0. The number of nitrogens with zero attached hydrogens (tertiary/aromatic N) is 5. The Bertz CT molecular complexity index is 1920. The fraction of sp³-hybridized carbons (Fsp3) is 0.643. The smallest absolute Gasteiger partial charge is 0.481 e. The molecular formula is C42H59F3N8O7. The van der Waals surface area contributed by atoms with Gasteiger partial charge in [0, 0.05) is 68.7 Å². The average Bonchev–Trinajstić information content (AvgIpc) is 3.92. The lowest BCUT2D eigenvalue weighted by molar-refractivity contribution is -0.192. The van der Waals surface area contributed by atoms with E-state index in [-0.39, 0.29) is 46.7 Å². The number of carbonyl (C=O) groups is 5. The first kappa shape index (κ1) is 46.1. The van der Waals surface area contributed by atoms with Crippen LogP contribution < -0.4 is 16.0 Å². The van der Waals surface area contributed by atoms with Crippen LogP contribution in [0.5, 0.6) is 0 Å². The van der Waals surface area contributed by atoms with Crippen LogP contribution in [0.4, 0.5) is 24.8 Å². The molecule has 18 heteroatoms. The Morgan fingerprint density at radius 3 is 1.58 bits per heavy atom. The lowest BCUT2D eigenvalue weighted by atomic mass is 9.84. The summed E-state index contributed by atoms with van der Waals surface area (Å²) in [6.07, 6.45) is 8.05. The molecule has 2 atom stereocenters. The predicted molar refractivity (Wildman–Crippen MR) is 218 cm³/mol. The monoisotopic (exact) mass is 844 g/mol. The van der Waals surface area contributed by atoms with E-state index in [2.05, 4.69) is 53.6 Å². The van der Waals surface area contributed by atoms with Gasteiger partial charge in [0.1, 0.15) is 11.6 Å². The van der Waals surface area contributed by atoms with E-state index in [4.69, 9.17) is 15.0 Å². The Balaban J connectivity index is 0.000000176. The molecule has 0 unspecified atom stereocenters. The van der Waals surface area contributed by atoms with Gasteiger partial charge in [-0.15, -0.1) is 0 Å². The lowest BCUT2D eigenvalue weighted by Gasteiger charge is -2.32. The van der Waals surface area contributed by atoms with E-state index in [0.29, 0.717) is 30.3 Å². The Kier molecular flexibility index (Phi) is 14.4. The van der Waals surface area contributed by atoms with Gasteiger partial charge in [0.05, 0.1) is 23.1 Å². The normalized spacial score (nSPS) is 22.0. The van der Waals surface area contributed by atoms with Crippen molar-refractivity contribution in [2.24, 2.45) is 11.8 Å². The van der Waals surface area contributed by atoms with E-state index in [1.165, 1.54) is 0 Å². The number of pyridine rings is 2. The van der Waals surface area contributed by atoms with E-state index >= 15 is 0 Å². The summed E-state index contributed by atoms with van der Waals surface area (Å²) in [7, 11) is 3.84. The van der Waals surface area contributed by atoms with Crippen molar-refractivity contribution in [3.05, 3.63) is 46.8 Å². The van der Waals surface area contributed by atoms with E-state index in [1.54, 1.807) is 12.4 Å². The van der Waals surface area contributed by atoms with Crippen molar-refractivity contribution in [3.63, 3.8) is 0 Å². The van der Waals surface area contributed by atoms with Gasteiger partial charge >= 0.3 is 18.1 Å². The second-order valence-electron chi connectivity index (χ2n) is 17.9. The number of hydrogen-bond donors (Lipinski definition) is 5. The van der Waals surface area contributed by atoms with Crippen LogP contribution in [0.15, 0.2) is 24.5 Å².